The van der Waals surface area contributed by atoms with Crippen molar-refractivity contribution in [1.82, 2.24) is 15.6 Å². The van der Waals surface area contributed by atoms with Crippen molar-refractivity contribution >= 4 is 14.2 Å². The van der Waals surface area contributed by atoms with Gasteiger partial charge in [0.1, 0.15) is 5.75 Å². The lowest BCUT2D eigenvalue weighted by Crippen LogP contribution is -2.44. The second kappa shape index (κ2) is 14.7. The average Bonchev–Trinajstić information content (AvgIpc) is 2.91. The topological polar surface area (TPSA) is 104 Å². The summed E-state index contributed by atoms with van der Waals surface area (Å²) in [5.41, 5.74) is 4.56. The van der Waals surface area contributed by atoms with Crippen molar-refractivity contribution in [3.63, 3.8) is 0 Å². The van der Waals surface area contributed by atoms with Crippen LogP contribution in [0.3, 0.4) is 0 Å². The monoisotopic (exact) mass is 577 g/mol. The number of aliphatic hydroxyl groups is 1. The summed E-state index contributed by atoms with van der Waals surface area (Å²) in [4.78, 5) is 16.8. The number of amides is 1. The van der Waals surface area contributed by atoms with E-state index in [4.69, 9.17) is 4.43 Å². The molecule has 0 aliphatic carbocycles. The van der Waals surface area contributed by atoms with Gasteiger partial charge in [0.25, 0.3) is 0 Å². The minimum atomic E-state index is -2.10. The highest BCUT2D eigenvalue weighted by atomic mass is 28.4. The molecule has 2 atom stereocenters. The van der Waals surface area contributed by atoms with Crippen LogP contribution in [-0.2, 0) is 35.1 Å². The van der Waals surface area contributed by atoms with Crippen LogP contribution in [0.1, 0.15) is 61.7 Å². The van der Waals surface area contributed by atoms with E-state index in [0.717, 1.165) is 28.8 Å². The van der Waals surface area contributed by atoms with Gasteiger partial charge in [-0.25, -0.2) is 0 Å². The predicted molar refractivity (Wildman–Crippen MR) is 167 cm³/mol. The molecule has 8 heteroatoms. The van der Waals surface area contributed by atoms with Crippen molar-refractivity contribution in [3.05, 3.63) is 94.8 Å². The van der Waals surface area contributed by atoms with Crippen LogP contribution >= 0.6 is 0 Å². The Kier molecular flexibility index (Phi) is 11.7. The Morgan fingerprint density at radius 2 is 1.80 bits per heavy atom. The largest absolute Gasteiger partial charge is 0.508 e. The van der Waals surface area contributed by atoms with Crippen LogP contribution in [0.5, 0.6) is 5.75 Å². The highest BCUT2D eigenvalue weighted by molar-refractivity contribution is 6.74. The Morgan fingerprint density at radius 1 is 1.05 bits per heavy atom. The molecule has 1 amide bonds. The number of aromatic nitrogens is 1. The van der Waals surface area contributed by atoms with E-state index >= 15 is 0 Å². The lowest BCUT2D eigenvalue weighted by Gasteiger charge is -2.40. The lowest BCUT2D eigenvalue weighted by atomic mass is 10.0. The quantitative estimate of drug-likeness (QED) is 0.190. The molecule has 41 heavy (non-hydrogen) atoms. The van der Waals surface area contributed by atoms with Crippen LogP contribution in [0.2, 0.25) is 18.1 Å². The van der Waals surface area contributed by atoms with E-state index in [1.54, 1.807) is 12.3 Å². The normalized spacial score (nSPS) is 13.5. The van der Waals surface area contributed by atoms with Gasteiger partial charge in [0, 0.05) is 43.0 Å². The van der Waals surface area contributed by atoms with Crippen molar-refractivity contribution in [1.29, 1.82) is 0 Å². The van der Waals surface area contributed by atoms with E-state index < -0.39 is 8.32 Å². The third-order valence-corrected chi connectivity index (χ3v) is 12.4. The van der Waals surface area contributed by atoms with E-state index in [1.165, 1.54) is 0 Å². The Hall–Kier alpha value is -3.04. The first-order valence-corrected chi connectivity index (χ1v) is 17.4. The minimum absolute atomic E-state index is 0.00558. The molecule has 1 aromatic heterocycles. The smallest absolute Gasteiger partial charge is 0.224 e. The number of benzene rings is 2. The number of nitrogens with one attached hydrogen (secondary N) is 2. The summed E-state index contributed by atoms with van der Waals surface area (Å²) < 4.78 is 6.82. The SMILES string of the molecule is C[C@H](Cc1cccc(CC(=O)NCCc2ccccn2)c1)NC[C@H](O[Si](C)(C)C(C)(C)C)c1ccc(O)c(CO)c1. The summed E-state index contributed by atoms with van der Waals surface area (Å²) in [6, 6.07) is 19.5. The van der Waals surface area contributed by atoms with Crippen molar-refractivity contribution in [2.45, 2.75) is 83.8 Å². The number of carbonyl (C=O) groups is 1. The molecular weight excluding hydrogens is 530 g/mol. The number of pyridine rings is 1. The van der Waals surface area contributed by atoms with Crippen LogP contribution in [0, 0.1) is 0 Å². The fourth-order valence-corrected chi connectivity index (χ4v) is 5.70. The molecule has 0 radical (unpaired) electrons. The molecule has 222 valence electrons. The maximum Gasteiger partial charge on any atom is 0.224 e. The van der Waals surface area contributed by atoms with Crippen molar-refractivity contribution < 1.29 is 19.4 Å². The van der Waals surface area contributed by atoms with E-state index in [1.807, 2.05) is 42.5 Å². The highest BCUT2D eigenvalue weighted by Gasteiger charge is 2.39. The van der Waals surface area contributed by atoms with Gasteiger partial charge < -0.3 is 25.3 Å². The number of aliphatic hydroxyl groups excluding tert-OH is 1. The van der Waals surface area contributed by atoms with Gasteiger partial charge in [0.2, 0.25) is 5.91 Å². The van der Waals surface area contributed by atoms with Crippen molar-refractivity contribution in [3.8, 4) is 5.75 Å². The van der Waals surface area contributed by atoms with E-state index in [9.17, 15) is 15.0 Å². The van der Waals surface area contributed by atoms with Gasteiger partial charge >= 0.3 is 0 Å². The number of carbonyl (C=O) groups excluding carboxylic acids is 1. The molecule has 3 aromatic rings. The molecule has 3 rings (SSSR count). The van der Waals surface area contributed by atoms with Crippen LogP contribution in [0.15, 0.2) is 66.9 Å². The average molecular weight is 578 g/mol. The van der Waals surface area contributed by atoms with Gasteiger partial charge in [-0.2, -0.15) is 0 Å². The maximum atomic E-state index is 12.5. The van der Waals surface area contributed by atoms with Crippen LogP contribution in [0.25, 0.3) is 0 Å². The van der Waals surface area contributed by atoms with Gasteiger partial charge in [-0.15, -0.1) is 0 Å². The molecule has 0 saturated heterocycles. The van der Waals surface area contributed by atoms with Crippen molar-refractivity contribution in [2.24, 2.45) is 0 Å². The van der Waals surface area contributed by atoms with Gasteiger partial charge in [-0.05, 0) is 72.4 Å². The summed E-state index contributed by atoms with van der Waals surface area (Å²) in [6.07, 6.45) is 3.40. The Labute approximate surface area is 246 Å². The Morgan fingerprint density at radius 3 is 2.49 bits per heavy atom. The van der Waals surface area contributed by atoms with E-state index in [-0.39, 0.29) is 35.4 Å². The second-order valence-corrected chi connectivity index (χ2v) is 17.1. The van der Waals surface area contributed by atoms with Gasteiger partial charge in [-0.3, -0.25) is 9.78 Å². The fraction of sp³-hybridized carbons (Fsp3) is 0.455. The summed E-state index contributed by atoms with van der Waals surface area (Å²) in [6.45, 7) is 14.2. The molecule has 0 spiro atoms. The summed E-state index contributed by atoms with van der Waals surface area (Å²) in [7, 11) is -2.10. The molecule has 0 aliphatic rings. The third kappa shape index (κ3) is 10.1. The Bertz CT molecular complexity index is 1260. The number of hydrogen-bond acceptors (Lipinski definition) is 6. The third-order valence-electron chi connectivity index (χ3n) is 7.87. The van der Waals surface area contributed by atoms with Crippen LogP contribution < -0.4 is 10.6 Å². The molecule has 2 aromatic carbocycles. The molecule has 0 bridgehead atoms. The number of nitrogens with zero attached hydrogens (tertiary/aromatic N) is 1. The zero-order valence-corrected chi connectivity index (χ0v) is 26.4. The number of rotatable bonds is 14. The molecular formula is C33H47N3O4Si. The summed E-state index contributed by atoms with van der Waals surface area (Å²) >= 11 is 0. The number of phenols is 1. The molecule has 0 saturated carbocycles. The van der Waals surface area contributed by atoms with E-state index in [2.05, 4.69) is 68.5 Å². The first kappa shape index (κ1) is 32.5. The molecule has 0 unspecified atom stereocenters. The zero-order valence-electron chi connectivity index (χ0n) is 25.4. The first-order chi connectivity index (χ1) is 19.4. The lowest BCUT2D eigenvalue weighted by molar-refractivity contribution is -0.120. The minimum Gasteiger partial charge on any atom is -0.508 e. The highest BCUT2D eigenvalue weighted by Crippen LogP contribution is 2.40. The van der Waals surface area contributed by atoms with Gasteiger partial charge in [0.05, 0.1) is 19.1 Å². The summed E-state index contributed by atoms with van der Waals surface area (Å²) in [5, 5.41) is 26.5. The molecule has 0 fully saturated rings. The van der Waals surface area contributed by atoms with Gasteiger partial charge in [-0.1, -0.05) is 57.2 Å². The number of hydrogen-bond donors (Lipinski definition) is 4. The van der Waals surface area contributed by atoms with Crippen LogP contribution in [-0.4, -0.2) is 48.6 Å². The Balaban J connectivity index is 1.59. The zero-order chi connectivity index (χ0) is 30.0. The van der Waals surface area contributed by atoms with Crippen LogP contribution in [0.4, 0.5) is 0 Å². The number of aromatic hydroxyl groups is 1. The molecule has 4 N–H and O–H groups in total. The maximum absolute atomic E-state index is 12.5. The van der Waals surface area contributed by atoms with E-state index in [0.29, 0.717) is 31.5 Å². The van der Waals surface area contributed by atoms with Gasteiger partial charge in [0.15, 0.2) is 8.32 Å². The first-order valence-electron chi connectivity index (χ1n) is 14.5. The molecule has 0 aliphatic heterocycles. The molecule has 1 heterocycles. The second-order valence-electron chi connectivity index (χ2n) is 12.3. The fourth-order valence-electron chi connectivity index (χ4n) is 4.42. The summed E-state index contributed by atoms with van der Waals surface area (Å²) in [5.74, 6) is 0.0939. The predicted octanol–water partition coefficient (Wildman–Crippen LogP) is 5.46. The molecule has 7 nitrogen and oxygen atoms in total. The standard InChI is InChI=1S/C33H47N3O4Si/c1-24(18-25-10-9-11-26(19-25)20-32(39)35-17-15-29-12-7-8-16-34-29)36-22-31(40-41(5,6)33(2,3)4)27-13-14-30(38)28(21-27)23-37/h7-14,16,19,21,24,31,36-38H,15,17-18,20,22-23H2,1-6H3,(H,35,39)/t24-,31+/m1/s1. The van der Waals surface area contributed by atoms with Crippen molar-refractivity contribution in [2.75, 3.05) is 13.1 Å².